The van der Waals surface area contributed by atoms with Crippen molar-refractivity contribution in [3.63, 3.8) is 0 Å². The first-order chi connectivity index (χ1) is 9.81. The maximum Gasteiger partial charge on any atom is 0.340 e. The summed E-state index contributed by atoms with van der Waals surface area (Å²) in [5, 5.41) is 4.72. The van der Waals surface area contributed by atoms with Gasteiger partial charge in [-0.3, -0.25) is 10.1 Å². The summed E-state index contributed by atoms with van der Waals surface area (Å²) in [6.07, 6.45) is 0. The highest BCUT2D eigenvalue weighted by molar-refractivity contribution is 6.43. The van der Waals surface area contributed by atoms with Gasteiger partial charge < -0.3 is 10.1 Å². The molecule has 1 aromatic rings. The minimum absolute atomic E-state index is 0.0436. The van der Waals surface area contributed by atoms with Crippen LogP contribution in [-0.2, 0) is 9.53 Å². The lowest BCUT2D eigenvalue weighted by atomic mass is 10.2. The molecule has 0 heterocycles. The number of nitrogens with one attached hydrogen (secondary N) is 2. The van der Waals surface area contributed by atoms with E-state index in [-0.39, 0.29) is 21.7 Å². The van der Waals surface area contributed by atoms with Gasteiger partial charge in [0.15, 0.2) is 6.61 Å². The number of carbonyl (C=O) groups is 3. The second-order valence-corrected chi connectivity index (χ2v) is 5.14. The van der Waals surface area contributed by atoms with Gasteiger partial charge in [-0.25, -0.2) is 9.59 Å². The lowest BCUT2D eigenvalue weighted by molar-refractivity contribution is -0.123. The van der Waals surface area contributed by atoms with Crippen molar-refractivity contribution in [2.75, 3.05) is 6.61 Å². The van der Waals surface area contributed by atoms with Crippen LogP contribution in [0.5, 0.6) is 0 Å². The summed E-state index contributed by atoms with van der Waals surface area (Å²) in [6.45, 7) is 2.88. The number of hydrogen-bond acceptors (Lipinski definition) is 4. The van der Waals surface area contributed by atoms with E-state index in [9.17, 15) is 14.4 Å². The summed E-state index contributed by atoms with van der Waals surface area (Å²) in [7, 11) is 0. The number of halogens is 2. The van der Waals surface area contributed by atoms with Crippen LogP contribution in [0.3, 0.4) is 0 Å². The molecule has 0 aliphatic rings. The van der Waals surface area contributed by atoms with Crippen molar-refractivity contribution >= 4 is 41.1 Å². The van der Waals surface area contributed by atoms with Crippen molar-refractivity contribution in [3.8, 4) is 0 Å². The Morgan fingerprint density at radius 2 is 1.90 bits per heavy atom. The molecule has 0 bridgehead atoms. The molecule has 0 saturated carbocycles. The lowest BCUT2D eigenvalue weighted by Crippen LogP contribution is -2.44. The maximum absolute atomic E-state index is 11.7. The summed E-state index contributed by atoms with van der Waals surface area (Å²) in [5.41, 5.74) is 0.0450. The highest BCUT2D eigenvalue weighted by atomic mass is 35.5. The van der Waals surface area contributed by atoms with Crippen molar-refractivity contribution in [1.29, 1.82) is 0 Å². The number of rotatable bonds is 4. The van der Waals surface area contributed by atoms with Gasteiger partial charge in [-0.1, -0.05) is 29.3 Å². The van der Waals surface area contributed by atoms with E-state index >= 15 is 0 Å². The molecule has 0 spiro atoms. The molecular weight excluding hydrogens is 319 g/mol. The van der Waals surface area contributed by atoms with Crippen LogP contribution in [0.2, 0.25) is 10.0 Å². The molecule has 0 aliphatic carbocycles. The number of benzene rings is 1. The van der Waals surface area contributed by atoms with E-state index in [1.165, 1.54) is 18.2 Å². The second kappa shape index (κ2) is 7.85. The average Bonchev–Trinajstić information content (AvgIpc) is 2.38. The average molecular weight is 333 g/mol. The first kappa shape index (κ1) is 17.3. The van der Waals surface area contributed by atoms with Gasteiger partial charge in [-0.05, 0) is 26.0 Å². The van der Waals surface area contributed by atoms with Crippen molar-refractivity contribution in [2.24, 2.45) is 0 Å². The highest BCUT2D eigenvalue weighted by Gasteiger charge is 2.16. The third-order valence-corrected chi connectivity index (χ3v) is 3.00. The normalized spacial score (nSPS) is 10.1. The number of ether oxygens (including phenoxy) is 1. The van der Waals surface area contributed by atoms with Crippen LogP contribution in [0.15, 0.2) is 18.2 Å². The minimum atomic E-state index is -0.804. The van der Waals surface area contributed by atoms with Gasteiger partial charge in [-0.2, -0.15) is 0 Å². The van der Waals surface area contributed by atoms with Crippen LogP contribution in [0.1, 0.15) is 24.2 Å². The quantitative estimate of drug-likeness (QED) is 0.829. The monoisotopic (exact) mass is 332 g/mol. The van der Waals surface area contributed by atoms with E-state index < -0.39 is 24.5 Å². The predicted octanol–water partition coefficient (Wildman–Crippen LogP) is 2.38. The fraction of sp³-hybridized carbons (Fsp3) is 0.308. The van der Waals surface area contributed by atoms with Gasteiger partial charge in [-0.15, -0.1) is 0 Å². The standard InChI is InChI=1S/C13H14Cl2N2O4/c1-7(2)16-13(20)17-10(18)6-21-12(19)8-4-3-5-9(14)11(8)15/h3-5,7H,6H2,1-2H3,(H2,16,17,18,20). The fourth-order valence-electron chi connectivity index (χ4n) is 1.33. The number of amides is 3. The number of imide groups is 1. The molecule has 0 unspecified atom stereocenters. The van der Waals surface area contributed by atoms with Crippen LogP contribution < -0.4 is 10.6 Å². The Bertz CT molecular complexity index is 561. The van der Waals surface area contributed by atoms with E-state index in [0.29, 0.717) is 0 Å². The van der Waals surface area contributed by atoms with Crippen LogP contribution in [0, 0.1) is 0 Å². The lowest BCUT2D eigenvalue weighted by Gasteiger charge is -2.10. The van der Waals surface area contributed by atoms with E-state index in [2.05, 4.69) is 5.32 Å². The zero-order chi connectivity index (χ0) is 16.0. The molecule has 8 heteroatoms. The van der Waals surface area contributed by atoms with Crippen LogP contribution in [-0.4, -0.2) is 30.6 Å². The molecule has 21 heavy (non-hydrogen) atoms. The van der Waals surface area contributed by atoms with Crippen LogP contribution in [0.4, 0.5) is 4.79 Å². The number of carbonyl (C=O) groups excluding carboxylic acids is 3. The van der Waals surface area contributed by atoms with Gasteiger partial charge in [0.05, 0.1) is 15.6 Å². The largest absolute Gasteiger partial charge is 0.452 e. The Labute approximate surface area is 131 Å². The second-order valence-electron chi connectivity index (χ2n) is 4.35. The molecule has 0 aliphatic heterocycles. The third-order valence-electron chi connectivity index (χ3n) is 2.18. The molecule has 2 N–H and O–H groups in total. The number of hydrogen-bond donors (Lipinski definition) is 2. The van der Waals surface area contributed by atoms with Crippen molar-refractivity contribution in [2.45, 2.75) is 19.9 Å². The molecule has 3 amide bonds. The zero-order valence-electron chi connectivity index (χ0n) is 11.4. The zero-order valence-corrected chi connectivity index (χ0v) is 12.9. The van der Waals surface area contributed by atoms with Crippen LogP contribution >= 0.6 is 23.2 Å². The van der Waals surface area contributed by atoms with E-state index in [4.69, 9.17) is 27.9 Å². The summed E-state index contributed by atoms with van der Waals surface area (Å²) in [4.78, 5) is 34.4. The van der Waals surface area contributed by atoms with Crippen molar-refractivity contribution in [1.82, 2.24) is 10.6 Å². The molecule has 0 saturated heterocycles. The molecule has 6 nitrogen and oxygen atoms in total. The fourth-order valence-corrected chi connectivity index (χ4v) is 1.71. The molecule has 0 aromatic heterocycles. The first-order valence-corrected chi connectivity index (χ1v) is 6.78. The van der Waals surface area contributed by atoms with Gasteiger partial charge in [0.1, 0.15) is 0 Å². The molecule has 0 fully saturated rings. The topological polar surface area (TPSA) is 84.5 Å². The summed E-state index contributed by atoms with van der Waals surface area (Å²) in [5.74, 6) is -1.55. The van der Waals surface area contributed by atoms with E-state index in [1.807, 2.05) is 5.32 Å². The smallest absolute Gasteiger partial charge is 0.340 e. The third kappa shape index (κ3) is 5.61. The van der Waals surface area contributed by atoms with Gasteiger partial charge in [0, 0.05) is 6.04 Å². The Balaban J connectivity index is 2.51. The predicted molar refractivity (Wildman–Crippen MR) is 78.6 cm³/mol. The maximum atomic E-state index is 11.7. The van der Waals surface area contributed by atoms with Crippen molar-refractivity contribution < 1.29 is 19.1 Å². The molecular formula is C13H14Cl2N2O4. The molecule has 114 valence electrons. The Morgan fingerprint density at radius 3 is 2.52 bits per heavy atom. The molecule has 0 radical (unpaired) electrons. The number of urea groups is 1. The Kier molecular flexibility index (Phi) is 6.45. The van der Waals surface area contributed by atoms with Gasteiger partial charge >= 0.3 is 12.0 Å². The highest BCUT2D eigenvalue weighted by Crippen LogP contribution is 2.25. The summed E-state index contributed by atoms with van der Waals surface area (Å²) in [6, 6.07) is 3.68. The molecule has 0 atom stereocenters. The van der Waals surface area contributed by atoms with E-state index in [0.717, 1.165) is 0 Å². The summed E-state index contributed by atoms with van der Waals surface area (Å²) < 4.78 is 4.76. The van der Waals surface area contributed by atoms with Crippen molar-refractivity contribution in [3.05, 3.63) is 33.8 Å². The summed E-state index contributed by atoms with van der Waals surface area (Å²) >= 11 is 11.6. The Hall–Kier alpha value is -1.79. The van der Waals surface area contributed by atoms with Gasteiger partial charge in [0.2, 0.25) is 0 Å². The molecule has 1 rings (SSSR count). The Morgan fingerprint density at radius 1 is 1.24 bits per heavy atom. The van der Waals surface area contributed by atoms with E-state index in [1.54, 1.807) is 13.8 Å². The van der Waals surface area contributed by atoms with Gasteiger partial charge in [0.25, 0.3) is 5.91 Å². The first-order valence-electron chi connectivity index (χ1n) is 6.02. The SMILES string of the molecule is CC(C)NC(=O)NC(=O)COC(=O)c1cccc(Cl)c1Cl. The number of esters is 1. The van der Waals surface area contributed by atoms with Crippen LogP contribution in [0.25, 0.3) is 0 Å². The molecule has 1 aromatic carbocycles. The minimum Gasteiger partial charge on any atom is -0.452 e.